The van der Waals surface area contributed by atoms with Crippen LogP contribution >= 0.6 is 0 Å². The van der Waals surface area contributed by atoms with Gasteiger partial charge in [-0.05, 0) is 38.7 Å². The first kappa shape index (κ1) is 21.0. The highest BCUT2D eigenvalue weighted by Gasteiger charge is 2.23. The molecule has 0 saturated heterocycles. The van der Waals surface area contributed by atoms with Crippen molar-refractivity contribution in [2.45, 2.75) is 45.6 Å². The molecule has 1 aliphatic rings. The van der Waals surface area contributed by atoms with E-state index in [9.17, 15) is 9.90 Å². The van der Waals surface area contributed by atoms with Gasteiger partial charge in [-0.25, -0.2) is 9.97 Å². The molecule has 0 saturated carbocycles. The quantitative estimate of drug-likeness (QED) is 0.662. The number of amides is 1. The first-order chi connectivity index (χ1) is 14.0. The van der Waals surface area contributed by atoms with Crippen LogP contribution in [0.25, 0.3) is 11.5 Å². The molecule has 29 heavy (non-hydrogen) atoms. The Morgan fingerprint density at radius 2 is 2.17 bits per heavy atom. The number of rotatable bonds is 9. The van der Waals surface area contributed by atoms with Crippen LogP contribution in [0.4, 0.5) is 5.82 Å². The van der Waals surface area contributed by atoms with Crippen molar-refractivity contribution in [2.75, 3.05) is 31.6 Å². The Morgan fingerprint density at radius 3 is 2.93 bits per heavy atom. The number of pyridine rings is 1. The molecule has 2 aromatic heterocycles. The molecule has 2 heterocycles. The van der Waals surface area contributed by atoms with Crippen LogP contribution in [0.5, 0.6) is 5.75 Å². The first-order valence-corrected chi connectivity index (χ1v) is 10.2. The van der Waals surface area contributed by atoms with Crippen LogP contribution in [0, 0.1) is 0 Å². The molecule has 0 fully saturated rings. The minimum atomic E-state index is -0.502. The molecule has 0 unspecified atom stereocenters. The Kier molecular flexibility index (Phi) is 6.98. The van der Waals surface area contributed by atoms with Gasteiger partial charge in [0.25, 0.3) is 0 Å². The maximum Gasteiger partial charge on any atom is 0.239 e. The van der Waals surface area contributed by atoms with Crippen molar-refractivity contribution in [3.05, 3.63) is 29.6 Å². The van der Waals surface area contributed by atoms with Gasteiger partial charge >= 0.3 is 0 Å². The lowest BCUT2D eigenvalue weighted by Gasteiger charge is -2.21. The Morgan fingerprint density at radius 1 is 1.34 bits per heavy atom. The van der Waals surface area contributed by atoms with Gasteiger partial charge < -0.3 is 20.1 Å². The Balaban J connectivity index is 1.88. The highest BCUT2D eigenvalue weighted by Crippen LogP contribution is 2.31. The lowest BCUT2D eigenvalue weighted by Crippen LogP contribution is -2.35. The number of aryl methyl sites for hydroxylation is 1. The van der Waals surface area contributed by atoms with E-state index in [1.165, 1.54) is 0 Å². The van der Waals surface area contributed by atoms with Gasteiger partial charge in [-0.1, -0.05) is 6.92 Å². The molecule has 1 atom stereocenters. The highest BCUT2D eigenvalue weighted by atomic mass is 16.5. The third kappa shape index (κ3) is 5.20. The second-order valence-corrected chi connectivity index (χ2v) is 7.21. The summed E-state index contributed by atoms with van der Waals surface area (Å²) in [7, 11) is 1.87. The summed E-state index contributed by atoms with van der Waals surface area (Å²) in [6.45, 7) is 4.87. The predicted octanol–water partition coefficient (Wildman–Crippen LogP) is 1.75. The minimum Gasteiger partial charge on any atom is -0.491 e. The Bertz CT molecular complexity index is 858. The van der Waals surface area contributed by atoms with E-state index in [-0.39, 0.29) is 19.1 Å². The van der Waals surface area contributed by atoms with E-state index in [0.29, 0.717) is 30.2 Å². The number of aliphatic hydroxyl groups excluding tert-OH is 1. The van der Waals surface area contributed by atoms with Gasteiger partial charge in [-0.15, -0.1) is 0 Å². The van der Waals surface area contributed by atoms with Crippen molar-refractivity contribution >= 4 is 11.7 Å². The number of nitrogens with one attached hydrogen (secondary N) is 1. The molecule has 156 valence electrons. The van der Waals surface area contributed by atoms with Crippen LogP contribution in [-0.2, 0) is 17.6 Å². The zero-order chi connectivity index (χ0) is 20.8. The van der Waals surface area contributed by atoms with Crippen molar-refractivity contribution in [3.8, 4) is 17.3 Å². The number of fused-ring (bicyclic) bond motifs is 1. The molecule has 0 spiro atoms. The summed E-state index contributed by atoms with van der Waals surface area (Å²) in [4.78, 5) is 27.8. The number of hydrogen-bond donors (Lipinski definition) is 2. The second kappa shape index (κ2) is 9.65. The maximum atomic E-state index is 12.0. The molecule has 8 nitrogen and oxygen atoms in total. The molecule has 3 rings (SSSR count). The van der Waals surface area contributed by atoms with Crippen LogP contribution in [0.1, 0.15) is 37.9 Å². The summed E-state index contributed by atoms with van der Waals surface area (Å²) in [5.74, 6) is 1.88. The molecule has 1 aliphatic carbocycles. The number of carbonyl (C=O) groups excluding carboxylic acids is 1. The van der Waals surface area contributed by atoms with Crippen molar-refractivity contribution in [1.29, 1.82) is 0 Å². The maximum absolute atomic E-state index is 12.0. The van der Waals surface area contributed by atoms with E-state index >= 15 is 0 Å². The summed E-state index contributed by atoms with van der Waals surface area (Å²) in [5, 5.41) is 12.5. The van der Waals surface area contributed by atoms with Crippen LogP contribution < -0.4 is 15.0 Å². The summed E-state index contributed by atoms with van der Waals surface area (Å²) < 4.78 is 5.66. The Hall–Kier alpha value is -2.74. The van der Waals surface area contributed by atoms with Crippen molar-refractivity contribution in [1.82, 2.24) is 20.3 Å². The van der Waals surface area contributed by atoms with E-state index < -0.39 is 6.10 Å². The number of nitrogens with zero attached hydrogens (tertiary/aromatic N) is 4. The number of aromatic nitrogens is 3. The zero-order valence-electron chi connectivity index (χ0n) is 17.3. The average Bonchev–Trinajstić information content (AvgIpc) is 3.20. The van der Waals surface area contributed by atoms with Crippen LogP contribution in [0.2, 0.25) is 0 Å². The molecular formula is C21H29N5O3. The lowest BCUT2D eigenvalue weighted by atomic mass is 10.2. The average molecular weight is 399 g/mol. The van der Waals surface area contributed by atoms with Gasteiger partial charge in [0.15, 0.2) is 5.82 Å². The third-order valence-electron chi connectivity index (χ3n) is 4.90. The van der Waals surface area contributed by atoms with Gasteiger partial charge in [0.05, 0.1) is 12.6 Å². The van der Waals surface area contributed by atoms with Gasteiger partial charge in [-0.3, -0.25) is 9.78 Å². The highest BCUT2D eigenvalue weighted by molar-refractivity contribution is 5.81. The van der Waals surface area contributed by atoms with Crippen LogP contribution in [-0.4, -0.2) is 58.8 Å². The third-order valence-corrected chi connectivity index (χ3v) is 4.90. The summed E-state index contributed by atoms with van der Waals surface area (Å²) >= 11 is 0. The van der Waals surface area contributed by atoms with E-state index in [4.69, 9.17) is 14.7 Å². The number of anilines is 1. The Labute approximate surface area is 171 Å². The lowest BCUT2D eigenvalue weighted by molar-refractivity contribution is -0.119. The number of ether oxygens (including phenoxy) is 1. The predicted molar refractivity (Wildman–Crippen MR) is 111 cm³/mol. The number of hydrogen-bond acceptors (Lipinski definition) is 7. The summed E-state index contributed by atoms with van der Waals surface area (Å²) in [6.07, 6.45) is 4.62. The molecule has 0 radical (unpaired) electrons. The van der Waals surface area contributed by atoms with E-state index in [1.807, 2.05) is 25.8 Å². The fourth-order valence-corrected chi connectivity index (χ4v) is 3.32. The molecule has 0 aromatic carbocycles. The standard InChI is InChI=1S/C21H29N5O3/c1-4-14(27)13-29-15-9-10-23-18(11-15)20-24-17-8-6-7-16(17)21(25-20)26(3)12-19(28)22-5-2/h9-11,14,27H,4-8,12-13H2,1-3H3,(H,22,28)/t14-/m1/s1. The largest absolute Gasteiger partial charge is 0.491 e. The van der Waals surface area contributed by atoms with Crippen LogP contribution in [0.15, 0.2) is 18.3 Å². The van der Waals surface area contributed by atoms with E-state index in [1.54, 1.807) is 18.3 Å². The monoisotopic (exact) mass is 399 g/mol. The van der Waals surface area contributed by atoms with Gasteiger partial charge in [0, 0.05) is 37.1 Å². The number of carbonyl (C=O) groups is 1. The van der Waals surface area contributed by atoms with Gasteiger partial charge in [-0.2, -0.15) is 0 Å². The molecule has 2 N–H and O–H groups in total. The number of likely N-dealkylation sites (N-methyl/N-ethyl adjacent to an activating group) is 2. The van der Waals surface area contributed by atoms with Crippen molar-refractivity contribution < 1.29 is 14.6 Å². The van der Waals surface area contributed by atoms with Gasteiger partial charge in [0.1, 0.15) is 23.9 Å². The fraction of sp³-hybridized carbons (Fsp3) is 0.524. The summed E-state index contributed by atoms with van der Waals surface area (Å²) in [6, 6.07) is 3.54. The number of aliphatic hydroxyl groups is 1. The fourth-order valence-electron chi connectivity index (χ4n) is 3.32. The molecule has 2 aromatic rings. The topological polar surface area (TPSA) is 100 Å². The molecule has 8 heteroatoms. The smallest absolute Gasteiger partial charge is 0.239 e. The SMILES string of the molecule is CCNC(=O)CN(C)c1nc(-c2cc(OC[C@H](O)CC)ccn2)nc2c1CCC2. The molecule has 0 aliphatic heterocycles. The molecule has 1 amide bonds. The molecular weight excluding hydrogens is 370 g/mol. The van der Waals surface area contributed by atoms with Crippen molar-refractivity contribution in [3.63, 3.8) is 0 Å². The van der Waals surface area contributed by atoms with Crippen molar-refractivity contribution in [2.24, 2.45) is 0 Å². The van der Waals surface area contributed by atoms with Crippen LogP contribution in [0.3, 0.4) is 0 Å². The van der Waals surface area contributed by atoms with E-state index in [2.05, 4.69) is 10.3 Å². The first-order valence-electron chi connectivity index (χ1n) is 10.2. The normalized spacial score (nSPS) is 13.7. The second-order valence-electron chi connectivity index (χ2n) is 7.21. The van der Waals surface area contributed by atoms with Gasteiger partial charge in [0.2, 0.25) is 5.91 Å². The minimum absolute atomic E-state index is 0.0371. The zero-order valence-corrected chi connectivity index (χ0v) is 17.3. The van der Waals surface area contributed by atoms with E-state index in [0.717, 1.165) is 36.3 Å². The molecule has 0 bridgehead atoms. The summed E-state index contributed by atoms with van der Waals surface area (Å²) in [5.41, 5.74) is 2.73.